The summed E-state index contributed by atoms with van der Waals surface area (Å²) in [6.07, 6.45) is 0. The number of hydrogen-bond donors (Lipinski definition) is 2. The maximum Gasteiger partial charge on any atom is 0.252 e. The first-order chi connectivity index (χ1) is 12.2. The van der Waals surface area contributed by atoms with Crippen LogP contribution in [0.5, 0.6) is 5.75 Å². The first-order valence-electron chi connectivity index (χ1n) is 8.26. The number of rotatable bonds is 6. The standard InChI is InChI=1S/C20H21N3O2/c1-3-21-20(24)17-12-19(23-18-10-5-4-9-16(17)18)22-13-14-7-6-8-15(11-14)25-2/h4-12H,3,13H2,1-2H3,(H,21,24)(H,22,23). The van der Waals surface area contributed by atoms with Crippen molar-refractivity contribution in [2.24, 2.45) is 0 Å². The van der Waals surface area contributed by atoms with Crippen molar-refractivity contribution in [1.29, 1.82) is 0 Å². The number of amides is 1. The zero-order valence-electron chi connectivity index (χ0n) is 14.4. The highest BCUT2D eigenvalue weighted by atomic mass is 16.5. The number of carbonyl (C=O) groups excluding carboxylic acids is 1. The van der Waals surface area contributed by atoms with E-state index in [1.807, 2.05) is 55.5 Å². The predicted molar refractivity (Wildman–Crippen MR) is 100 cm³/mol. The molecule has 0 saturated carbocycles. The third-order valence-electron chi connectivity index (χ3n) is 3.91. The van der Waals surface area contributed by atoms with E-state index >= 15 is 0 Å². The number of aromatic nitrogens is 1. The highest BCUT2D eigenvalue weighted by Gasteiger charge is 2.12. The molecule has 25 heavy (non-hydrogen) atoms. The maximum atomic E-state index is 12.4. The van der Waals surface area contributed by atoms with Gasteiger partial charge in [0.1, 0.15) is 11.6 Å². The molecular formula is C20H21N3O2. The summed E-state index contributed by atoms with van der Waals surface area (Å²) in [6, 6.07) is 17.3. The lowest BCUT2D eigenvalue weighted by atomic mass is 10.1. The van der Waals surface area contributed by atoms with Crippen molar-refractivity contribution in [1.82, 2.24) is 10.3 Å². The fourth-order valence-electron chi connectivity index (χ4n) is 2.68. The van der Waals surface area contributed by atoms with Crippen LogP contribution in [0.15, 0.2) is 54.6 Å². The van der Waals surface area contributed by atoms with Crippen LogP contribution in [0, 0.1) is 0 Å². The fraction of sp³-hybridized carbons (Fsp3) is 0.200. The van der Waals surface area contributed by atoms with Crippen LogP contribution in [-0.2, 0) is 6.54 Å². The second-order valence-electron chi connectivity index (χ2n) is 5.64. The van der Waals surface area contributed by atoms with E-state index in [-0.39, 0.29) is 5.91 Å². The maximum absolute atomic E-state index is 12.4. The number of methoxy groups -OCH3 is 1. The van der Waals surface area contributed by atoms with Gasteiger partial charge in [-0.3, -0.25) is 4.79 Å². The summed E-state index contributed by atoms with van der Waals surface area (Å²) in [4.78, 5) is 17.0. The number of para-hydroxylation sites is 1. The fourth-order valence-corrected chi connectivity index (χ4v) is 2.68. The first kappa shape index (κ1) is 16.8. The molecule has 2 N–H and O–H groups in total. The molecule has 0 bridgehead atoms. The van der Waals surface area contributed by atoms with Gasteiger partial charge < -0.3 is 15.4 Å². The molecule has 0 aliphatic rings. The summed E-state index contributed by atoms with van der Waals surface area (Å²) in [5.74, 6) is 1.39. The Hall–Kier alpha value is -3.08. The average molecular weight is 335 g/mol. The van der Waals surface area contributed by atoms with Crippen LogP contribution in [0.3, 0.4) is 0 Å². The summed E-state index contributed by atoms with van der Waals surface area (Å²) in [7, 11) is 1.65. The molecule has 0 fully saturated rings. The molecule has 128 valence electrons. The van der Waals surface area contributed by atoms with Crippen LogP contribution in [-0.4, -0.2) is 24.5 Å². The molecule has 1 aromatic heterocycles. The Labute approximate surface area is 147 Å². The van der Waals surface area contributed by atoms with E-state index in [0.717, 1.165) is 22.2 Å². The Morgan fingerprint density at radius 1 is 1.12 bits per heavy atom. The van der Waals surface area contributed by atoms with Crippen LogP contribution in [0.1, 0.15) is 22.8 Å². The number of benzene rings is 2. The van der Waals surface area contributed by atoms with Gasteiger partial charge in [-0.15, -0.1) is 0 Å². The van der Waals surface area contributed by atoms with E-state index in [1.54, 1.807) is 13.2 Å². The Bertz CT molecular complexity index is 893. The van der Waals surface area contributed by atoms with Crippen molar-refractivity contribution in [2.75, 3.05) is 19.0 Å². The highest BCUT2D eigenvalue weighted by Crippen LogP contribution is 2.21. The van der Waals surface area contributed by atoms with Crippen LogP contribution >= 0.6 is 0 Å². The van der Waals surface area contributed by atoms with Crippen molar-refractivity contribution < 1.29 is 9.53 Å². The van der Waals surface area contributed by atoms with Gasteiger partial charge in [-0.25, -0.2) is 4.98 Å². The third kappa shape index (κ3) is 3.88. The molecule has 2 aromatic carbocycles. The minimum absolute atomic E-state index is 0.0921. The number of ether oxygens (including phenoxy) is 1. The van der Waals surface area contributed by atoms with Crippen LogP contribution in [0.4, 0.5) is 5.82 Å². The minimum Gasteiger partial charge on any atom is -0.497 e. The Morgan fingerprint density at radius 2 is 1.96 bits per heavy atom. The number of carbonyl (C=O) groups is 1. The molecule has 1 amide bonds. The summed E-state index contributed by atoms with van der Waals surface area (Å²) in [6.45, 7) is 3.09. The summed E-state index contributed by atoms with van der Waals surface area (Å²) in [5.41, 5.74) is 2.49. The number of nitrogens with one attached hydrogen (secondary N) is 2. The van der Waals surface area contributed by atoms with E-state index in [9.17, 15) is 4.79 Å². The molecule has 1 heterocycles. The van der Waals surface area contributed by atoms with Crippen molar-refractivity contribution in [2.45, 2.75) is 13.5 Å². The molecule has 5 nitrogen and oxygen atoms in total. The second-order valence-corrected chi connectivity index (χ2v) is 5.64. The molecule has 0 saturated heterocycles. The van der Waals surface area contributed by atoms with Crippen molar-refractivity contribution in [3.63, 3.8) is 0 Å². The number of nitrogens with zero attached hydrogens (tertiary/aromatic N) is 1. The van der Waals surface area contributed by atoms with Gasteiger partial charge in [0, 0.05) is 18.5 Å². The lowest BCUT2D eigenvalue weighted by molar-refractivity contribution is 0.0957. The molecular weight excluding hydrogens is 314 g/mol. The quantitative estimate of drug-likeness (QED) is 0.722. The van der Waals surface area contributed by atoms with Gasteiger partial charge in [0.25, 0.3) is 5.91 Å². The minimum atomic E-state index is -0.0921. The van der Waals surface area contributed by atoms with Gasteiger partial charge in [-0.05, 0) is 36.8 Å². The summed E-state index contributed by atoms with van der Waals surface area (Å²) >= 11 is 0. The van der Waals surface area contributed by atoms with Crippen LogP contribution in [0.25, 0.3) is 10.9 Å². The van der Waals surface area contributed by atoms with Gasteiger partial charge in [-0.2, -0.15) is 0 Å². The molecule has 0 spiro atoms. The number of fused-ring (bicyclic) bond motifs is 1. The zero-order chi connectivity index (χ0) is 17.6. The molecule has 0 aliphatic carbocycles. The van der Waals surface area contributed by atoms with Crippen LogP contribution in [0.2, 0.25) is 0 Å². The topological polar surface area (TPSA) is 63.2 Å². The lowest BCUT2D eigenvalue weighted by Crippen LogP contribution is -2.23. The summed E-state index contributed by atoms with van der Waals surface area (Å²) < 4.78 is 5.25. The summed E-state index contributed by atoms with van der Waals surface area (Å²) in [5, 5.41) is 7.00. The van der Waals surface area contributed by atoms with Gasteiger partial charge in [0.15, 0.2) is 0 Å². The lowest BCUT2D eigenvalue weighted by Gasteiger charge is -2.11. The van der Waals surface area contributed by atoms with Gasteiger partial charge in [-0.1, -0.05) is 30.3 Å². The van der Waals surface area contributed by atoms with Crippen molar-refractivity contribution in [3.05, 3.63) is 65.7 Å². The second kappa shape index (κ2) is 7.66. The molecule has 0 aliphatic heterocycles. The van der Waals surface area contributed by atoms with Crippen molar-refractivity contribution in [3.8, 4) is 5.75 Å². The first-order valence-corrected chi connectivity index (χ1v) is 8.26. The normalized spacial score (nSPS) is 10.5. The third-order valence-corrected chi connectivity index (χ3v) is 3.91. The number of anilines is 1. The highest BCUT2D eigenvalue weighted by molar-refractivity contribution is 6.06. The smallest absolute Gasteiger partial charge is 0.252 e. The Kier molecular flexibility index (Phi) is 5.14. The average Bonchev–Trinajstić information content (AvgIpc) is 2.66. The predicted octanol–water partition coefficient (Wildman–Crippen LogP) is 3.61. The molecule has 0 unspecified atom stereocenters. The molecule has 3 aromatic rings. The van der Waals surface area contributed by atoms with Gasteiger partial charge in [0.2, 0.25) is 0 Å². The SMILES string of the molecule is CCNC(=O)c1cc(NCc2cccc(OC)c2)nc2ccccc12. The molecule has 5 heteroatoms. The Balaban J connectivity index is 1.89. The van der Waals surface area contributed by atoms with E-state index in [2.05, 4.69) is 15.6 Å². The molecule has 3 rings (SSSR count). The van der Waals surface area contributed by atoms with Crippen molar-refractivity contribution >= 4 is 22.6 Å². The van der Waals surface area contributed by atoms with E-state index < -0.39 is 0 Å². The number of hydrogen-bond acceptors (Lipinski definition) is 4. The largest absolute Gasteiger partial charge is 0.497 e. The van der Waals surface area contributed by atoms with Gasteiger partial charge in [0.05, 0.1) is 18.2 Å². The molecule has 0 atom stereocenters. The Morgan fingerprint density at radius 3 is 2.76 bits per heavy atom. The van der Waals surface area contributed by atoms with Gasteiger partial charge >= 0.3 is 0 Å². The van der Waals surface area contributed by atoms with E-state index in [0.29, 0.717) is 24.5 Å². The molecule has 0 radical (unpaired) electrons. The van der Waals surface area contributed by atoms with E-state index in [1.165, 1.54) is 0 Å². The zero-order valence-corrected chi connectivity index (χ0v) is 14.4. The number of pyridine rings is 1. The van der Waals surface area contributed by atoms with Crippen LogP contribution < -0.4 is 15.4 Å². The van der Waals surface area contributed by atoms with E-state index in [4.69, 9.17) is 4.74 Å². The monoisotopic (exact) mass is 335 g/mol.